The number of nitrogens with zero attached hydrogens (tertiary/aromatic N) is 5. The SMILES string of the molecule is Cc1cn2cc(-c3cc4ccc(N5CCN(CCCO)C(C)C5)cc4oc3=O)nc2c(C)n1. The van der Waals surface area contributed by atoms with Crippen LogP contribution in [0.5, 0.6) is 0 Å². The zero-order valence-electron chi connectivity index (χ0n) is 19.3. The number of benzene rings is 1. The Morgan fingerprint density at radius 3 is 2.79 bits per heavy atom. The Labute approximate surface area is 192 Å². The van der Waals surface area contributed by atoms with Gasteiger partial charge in [0.2, 0.25) is 0 Å². The maximum atomic E-state index is 12.9. The highest BCUT2D eigenvalue weighted by Gasteiger charge is 2.24. The molecule has 1 aromatic carbocycles. The second-order valence-corrected chi connectivity index (χ2v) is 8.90. The van der Waals surface area contributed by atoms with Gasteiger partial charge in [-0.3, -0.25) is 9.88 Å². The van der Waals surface area contributed by atoms with E-state index in [1.54, 1.807) is 0 Å². The van der Waals surface area contributed by atoms with Crippen LogP contribution in [0.2, 0.25) is 0 Å². The molecule has 8 heteroatoms. The summed E-state index contributed by atoms with van der Waals surface area (Å²) in [5.41, 5.74) is 4.71. The first-order chi connectivity index (χ1) is 15.9. The van der Waals surface area contributed by atoms with Gasteiger partial charge in [-0.2, -0.15) is 0 Å². The Hall–Kier alpha value is -3.23. The molecule has 1 aliphatic rings. The fourth-order valence-corrected chi connectivity index (χ4v) is 4.75. The van der Waals surface area contributed by atoms with Crippen molar-refractivity contribution in [3.8, 4) is 11.3 Å². The first kappa shape index (κ1) is 21.6. The number of anilines is 1. The Kier molecular flexibility index (Phi) is 5.64. The highest BCUT2D eigenvalue weighted by Crippen LogP contribution is 2.27. The van der Waals surface area contributed by atoms with E-state index in [2.05, 4.69) is 32.8 Å². The van der Waals surface area contributed by atoms with Crippen LogP contribution in [-0.4, -0.2) is 63.2 Å². The third kappa shape index (κ3) is 4.12. The number of piperazine rings is 1. The van der Waals surface area contributed by atoms with E-state index in [0.717, 1.165) is 60.7 Å². The maximum Gasteiger partial charge on any atom is 0.345 e. The predicted octanol–water partition coefficient (Wildman–Crippen LogP) is 3.01. The minimum Gasteiger partial charge on any atom is -0.422 e. The molecule has 1 saturated heterocycles. The van der Waals surface area contributed by atoms with Crippen LogP contribution in [0.3, 0.4) is 0 Å². The summed E-state index contributed by atoms with van der Waals surface area (Å²) in [5, 5.41) is 9.97. The van der Waals surface area contributed by atoms with Crippen LogP contribution in [-0.2, 0) is 0 Å². The number of aliphatic hydroxyl groups excluding tert-OH is 1. The molecule has 0 bridgehead atoms. The van der Waals surface area contributed by atoms with Crippen molar-refractivity contribution in [2.24, 2.45) is 0 Å². The summed E-state index contributed by atoms with van der Waals surface area (Å²) in [4.78, 5) is 26.7. The molecule has 0 aliphatic carbocycles. The molecule has 1 unspecified atom stereocenters. The summed E-state index contributed by atoms with van der Waals surface area (Å²) < 4.78 is 7.65. The molecule has 8 nitrogen and oxygen atoms in total. The number of imidazole rings is 1. The molecule has 5 rings (SSSR count). The second kappa shape index (κ2) is 8.61. The zero-order valence-corrected chi connectivity index (χ0v) is 19.3. The van der Waals surface area contributed by atoms with Gasteiger partial charge in [-0.25, -0.2) is 9.78 Å². The molecule has 0 radical (unpaired) electrons. The van der Waals surface area contributed by atoms with Gasteiger partial charge >= 0.3 is 5.63 Å². The average Bonchev–Trinajstić information content (AvgIpc) is 3.21. The van der Waals surface area contributed by atoms with E-state index in [1.807, 2.05) is 48.8 Å². The molecular formula is C25H29N5O3. The van der Waals surface area contributed by atoms with E-state index in [1.165, 1.54) is 0 Å². The topological polar surface area (TPSA) is 87.1 Å². The number of hydrogen-bond acceptors (Lipinski definition) is 7. The minimum absolute atomic E-state index is 0.226. The quantitative estimate of drug-likeness (QED) is 0.471. The first-order valence-electron chi connectivity index (χ1n) is 11.4. The van der Waals surface area contributed by atoms with E-state index in [9.17, 15) is 4.79 Å². The molecule has 0 amide bonds. The van der Waals surface area contributed by atoms with Crippen LogP contribution in [0.4, 0.5) is 5.69 Å². The average molecular weight is 448 g/mol. The summed E-state index contributed by atoms with van der Waals surface area (Å²) >= 11 is 0. The Balaban J connectivity index is 1.44. The lowest BCUT2D eigenvalue weighted by Crippen LogP contribution is -2.52. The fraction of sp³-hybridized carbons (Fsp3) is 0.400. The lowest BCUT2D eigenvalue weighted by atomic mass is 10.1. The second-order valence-electron chi connectivity index (χ2n) is 8.90. The van der Waals surface area contributed by atoms with Gasteiger partial charge in [0.25, 0.3) is 0 Å². The van der Waals surface area contributed by atoms with Gasteiger partial charge in [0.05, 0.1) is 22.6 Å². The highest BCUT2D eigenvalue weighted by atomic mass is 16.4. The normalized spacial score (nSPS) is 17.3. The lowest BCUT2D eigenvalue weighted by molar-refractivity contribution is 0.169. The van der Waals surface area contributed by atoms with E-state index >= 15 is 0 Å². The molecule has 1 N–H and O–H groups in total. The van der Waals surface area contributed by atoms with Crippen molar-refractivity contribution >= 4 is 22.3 Å². The Morgan fingerprint density at radius 1 is 1.15 bits per heavy atom. The first-order valence-corrected chi connectivity index (χ1v) is 11.4. The predicted molar refractivity (Wildman–Crippen MR) is 129 cm³/mol. The highest BCUT2D eigenvalue weighted by molar-refractivity contribution is 5.84. The van der Waals surface area contributed by atoms with Crippen LogP contribution < -0.4 is 10.5 Å². The van der Waals surface area contributed by atoms with Gasteiger partial charge in [0.15, 0.2) is 5.65 Å². The van der Waals surface area contributed by atoms with Crippen molar-refractivity contribution < 1.29 is 9.52 Å². The summed E-state index contributed by atoms with van der Waals surface area (Å²) in [5.74, 6) is 0. The maximum absolute atomic E-state index is 12.9. The molecule has 1 fully saturated rings. The Morgan fingerprint density at radius 2 is 2.00 bits per heavy atom. The number of aromatic nitrogens is 3. The zero-order chi connectivity index (χ0) is 23.1. The van der Waals surface area contributed by atoms with Gasteiger partial charge in [0.1, 0.15) is 5.58 Å². The molecule has 33 heavy (non-hydrogen) atoms. The van der Waals surface area contributed by atoms with Crippen LogP contribution >= 0.6 is 0 Å². The molecule has 172 valence electrons. The van der Waals surface area contributed by atoms with E-state index in [0.29, 0.717) is 22.9 Å². The van der Waals surface area contributed by atoms with Crippen molar-refractivity contribution in [1.29, 1.82) is 0 Å². The summed E-state index contributed by atoms with van der Waals surface area (Å²) in [6.45, 7) is 9.95. The fourth-order valence-electron chi connectivity index (χ4n) is 4.75. The van der Waals surface area contributed by atoms with Gasteiger partial charge < -0.3 is 18.8 Å². The molecule has 1 aliphatic heterocycles. The molecule has 0 saturated carbocycles. The van der Waals surface area contributed by atoms with Gasteiger partial charge in [0, 0.05) is 68.4 Å². The standard InChI is InChI=1S/C25H29N5O3/c1-16-13-30-15-22(27-24(30)18(3)26-16)21-11-19-5-6-20(12-23(19)33-25(21)32)29-9-8-28(7-4-10-31)17(2)14-29/h5-6,11-13,15,17,31H,4,7-10,14H2,1-3H3. The summed E-state index contributed by atoms with van der Waals surface area (Å²) in [7, 11) is 0. The van der Waals surface area contributed by atoms with Crippen molar-refractivity contribution in [3.63, 3.8) is 0 Å². The van der Waals surface area contributed by atoms with E-state index < -0.39 is 5.63 Å². The number of hydrogen-bond donors (Lipinski definition) is 1. The van der Waals surface area contributed by atoms with E-state index in [-0.39, 0.29) is 6.61 Å². The monoisotopic (exact) mass is 447 g/mol. The number of aliphatic hydroxyl groups is 1. The smallest absolute Gasteiger partial charge is 0.345 e. The Bertz CT molecular complexity index is 1380. The van der Waals surface area contributed by atoms with E-state index in [4.69, 9.17) is 9.52 Å². The molecular weight excluding hydrogens is 418 g/mol. The molecule has 4 heterocycles. The molecule has 4 aromatic rings. The summed E-state index contributed by atoms with van der Waals surface area (Å²) in [6.07, 6.45) is 4.55. The van der Waals surface area contributed by atoms with Crippen LogP contribution in [0.1, 0.15) is 24.7 Å². The van der Waals surface area contributed by atoms with Crippen molar-refractivity contribution in [1.82, 2.24) is 19.3 Å². The lowest BCUT2D eigenvalue weighted by Gasteiger charge is -2.41. The number of rotatable bonds is 5. The largest absolute Gasteiger partial charge is 0.422 e. The minimum atomic E-state index is -0.396. The van der Waals surface area contributed by atoms with Gasteiger partial charge in [-0.05, 0) is 45.4 Å². The van der Waals surface area contributed by atoms with Gasteiger partial charge in [-0.15, -0.1) is 0 Å². The third-order valence-electron chi connectivity index (χ3n) is 6.46. The molecule has 1 atom stereocenters. The third-order valence-corrected chi connectivity index (χ3v) is 6.46. The van der Waals surface area contributed by atoms with Crippen molar-refractivity contribution in [2.45, 2.75) is 33.2 Å². The number of fused-ring (bicyclic) bond motifs is 2. The summed E-state index contributed by atoms with van der Waals surface area (Å²) in [6, 6.07) is 8.30. The molecule has 3 aromatic heterocycles. The number of aryl methyl sites for hydroxylation is 2. The van der Waals surface area contributed by atoms with Crippen molar-refractivity contribution in [2.75, 3.05) is 37.7 Å². The van der Waals surface area contributed by atoms with Crippen LogP contribution in [0.15, 0.2) is 45.9 Å². The van der Waals surface area contributed by atoms with Crippen LogP contribution in [0.25, 0.3) is 27.9 Å². The van der Waals surface area contributed by atoms with Gasteiger partial charge in [-0.1, -0.05) is 0 Å². The molecule has 0 spiro atoms. The van der Waals surface area contributed by atoms with Crippen LogP contribution in [0, 0.1) is 13.8 Å². The van der Waals surface area contributed by atoms with Crippen molar-refractivity contribution in [3.05, 3.63) is 58.5 Å².